The van der Waals surface area contributed by atoms with E-state index in [2.05, 4.69) is 6.92 Å². The molecule has 1 aliphatic rings. The molecule has 1 aliphatic carbocycles. The molecule has 0 aliphatic heterocycles. The van der Waals surface area contributed by atoms with Gasteiger partial charge >= 0.3 is 6.11 Å². The molecular weight excluding hydrogens is 420 g/mol. The van der Waals surface area contributed by atoms with Crippen LogP contribution < -0.4 is 9.47 Å². The molecule has 0 aromatic heterocycles. The van der Waals surface area contributed by atoms with Crippen molar-refractivity contribution >= 4 is 0 Å². The van der Waals surface area contributed by atoms with E-state index in [-0.39, 0.29) is 30.1 Å². The topological polar surface area (TPSA) is 18.5 Å². The molecule has 6 heteroatoms. The Hall–Kier alpha value is -2.24. The van der Waals surface area contributed by atoms with Crippen LogP contribution in [0.25, 0.3) is 0 Å². The van der Waals surface area contributed by atoms with Gasteiger partial charge in [0.15, 0.2) is 11.6 Å². The molecule has 0 spiro atoms. The van der Waals surface area contributed by atoms with Gasteiger partial charge in [-0.1, -0.05) is 38.0 Å². The Balaban J connectivity index is 1.55. The third-order valence-corrected chi connectivity index (χ3v) is 6.27. The van der Waals surface area contributed by atoms with Crippen LogP contribution in [0.2, 0.25) is 0 Å². The minimum atomic E-state index is -3.50. The van der Waals surface area contributed by atoms with Crippen molar-refractivity contribution in [3.63, 3.8) is 0 Å². The molecule has 3 rings (SSSR count). The number of aryl methyl sites for hydroxylation is 1. The summed E-state index contributed by atoms with van der Waals surface area (Å²) in [5, 5.41) is 0. The van der Waals surface area contributed by atoms with E-state index in [4.69, 9.17) is 9.47 Å². The van der Waals surface area contributed by atoms with Gasteiger partial charge in [0.2, 0.25) is 5.82 Å². The molecule has 0 bridgehead atoms. The molecule has 0 heterocycles. The van der Waals surface area contributed by atoms with Crippen LogP contribution in [0.3, 0.4) is 0 Å². The normalized spacial score (nSPS) is 19.1. The van der Waals surface area contributed by atoms with Crippen molar-refractivity contribution in [3.05, 3.63) is 59.2 Å². The van der Waals surface area contributed by atoms with Crippen molar-refractivity contribution in [3.8, 4) is 11.5 Å². The Bertz CT molecular complexity index is 859. The van der Waals surface area contributed by atoms with Gasteiger partial charge in [0.05, 0.1) is 13.0 Å². The Kier molecular flexibility index (Phi) is 8.44. The highest BCUT2D eigenvalue weighted by atomic mass is 19.3. The lowest BCUT2D eigenvalue weighted by molar-refractivity contribution is -0.180. The molecule has 176 valence electrons. The second-order valence-corrected chi connectivity index (χ2v) is 8.60. The maximum Gasteiger partial charge on any atom is 0.398 e. The number of rotatable bonds is 10. The molecule has 2 aromatic carbocycles. The smallest absolute Gasteiger partial charge is 0.398 e. The van der Waals surface area contributed by atoms with E-state index in [1.807, 2.05) is 12.1 Å². The van der Waals surface area contributed by atoms with E-state index in [1.54, 1.807) is 19.1 Å². The van der Waals surface area contributed by atoms with Crippen LogP contribution in [0, 0.1) is 17.6 Å². The predicted molar refractivity (Wildman–Crippen MR) is 117 cm³/mol. The molecule has 0 atom stereocenters. The molecule has 32 heavy (non-hydrogen) atoms. The van der Waals surface area contributed by atoms with Gasteiger partial charge in [-0.05, 0) is 80.2 Å². The fourth-order valence-corrected chi connectivity index (χ4v) is 4.54. The maximum atomic E-state index is 14.3. The Morgan fingerprint density at radius 1 is 0.906 bits per heavy atom. The predicted octanol–water partition coefficient (Wildman–Crippen LogP) is 8.04. The fraction of sp³-hybridized carbons (Fsp3) is 0.538. The molecular formula is C26H32F4O2. The summed E-state index contributed by atoms with van der Waals surface area (Å²) in [4.78, 5) is 0. The molecule has 0 N–H and O–H groups in total. The molecule has 1 fully saturated rings. The third kappa shape index (κ3) is 6.39. The second kappa shape index (κ2) is 11.1. The standard InChI is InChI=1S/C26H32F4O2/c1-3-5-18-6-8-19(9-7-18)20-10-13-22(14-11-20)32-26(29,30)17-16-21-12-15-23(31-4-2)25(28)24(21)27/h10-15,18-19H,3-9,16-17H2,1-2H3. The quantitative estimate of drug-likeness (QED) is 0.340. The van der Waals surface area contributed by atoms with Crippen molar-refractivity contribution in [2.24, 2.45) is 5.92 Å². The Labute approximate surface area is 187 Å². The fourth-order valence-electron chi connectivity index (χ4n) is 4.54. The SMILES string of the molecule is CCCC1CCC(c2ccc(OC(F)(F)CCc3ccc(OCC)c(F)c3F)cc2)CC1. The second-order valence-electron chi connectivity index (χ2n) is 8.60. The maximum absolute atomic E-state index is 14.3. The first-order valence-electron chi connectivity index (χ1n) is 11.6. The summed E-state index contributed by atoms with van der Waals surface area (Å²) < 4.78 is 66.6. The number of hydrogen-bond donors (Lipinski definition) is 0. The third-order valence-electron chi connectivity index (χ3n) is 6.27. The van der Waals surface area contributed by atoms with E-state index in [0.717, 1.165) is 24.3 Å². The monoisotopic (exact) mass is 452 g/mol. The van der Waals surface area contributed by atoms with E-state index >= 15 is 0 Å². The highest BCUT2D eigenvalue weighted by Crippen LogP contribution is 2.38. The molecule has 2 nitrogen and oxygen atoms in total. The van der Waals surface area contributed by atoms with Crippen LogP contribution in [0.1, 0.15) is 75.8 Å². The summed E-state index contributed by atoms with van der Waals surface area (Å²) in [6, 6.07) is 9.38. The summed E-state index contributed by atoms with van der Waals surface area (Å²) in [7, 11) is 0. The number of halogens is 4. The van der Waals surface area contributed by atoms with Crippen LogP contribution in [0.15, 0.2) is 36.4 Å². The first kappa shape index (κ1) is 24.4. The molecule has 0 saturated heterocycles. The van der Waals surface area contributed by atoms with Gasteiger partial charge in [0, 0.05) is 0 Å². The lowest BCUT2D eigenvalue weighted by atomic mass is 9.77. The van der Waals surface area contributed by atoms with E-state index < -0.39 is 24.2 Å². The summed E-state index contributed by atoms with van der Waals surface area (Å²) in [5.41, 5.74) is 1.02. The first-order chi connectivity index (χ1) is 15.3. The minimum absolute atomic E-state index is 0.0664. The van der Waals surface area contributed by atoms with E-state index in [9.17, 15) is 17.6 Å². The number of ether oxygens (including phenoxy) is 2. The summed E-state index contributed by atoms with van der Waals surface area (Å²) >= 11 is 0. The first-order valence-corrected chi connectivity index (χ1v) is 11.6. The average molecular weight is 453 g/mol. The minimum Gasteiger partial charge on any atom is -0.491 e. The zero-order chi connectivity index (χ0) is 23.1. The highest BCUT2D eigenvalue weighted by molar-refractivity contribution is 5.32. The van der Waals surface area contributed by atoms with Crippen LogP contribution in [-0.4, -0.2) is 12.7 Å². The van der Waals surface area contributed by atoms with Gasteiger partial charge in [0.1, 0.15) is 5.75 Å². The van der Waals surface area contributed by atoms with Crippen molar-refractivity contribution in [2.75, 3.05) is 6.61 Å². The number of alkyl halides is 2. The van der Waals surface area contributed by atoms with Crippen LogP contribution in [-0.2, 0) is 6.42 Å². The lowest BCUT2D eigenvalue weighted by Gasteiger charge is -2.28. The van der Waals surface area contributed by atoms with Gasteiger partial charge in [-0.15, -0.1) is 0 Å². The zero-order valence-corrected chi connectivity index (χ0v) is 18.8. The zero-order valence-electron chi connectivity index (χ0n) is 18.8. The van der Waals surface area contributed by atoms with Crippen molar-refractivity contribution in [1.82, 2.24) is 0 Å². The van der Waals surface area contributed by atoms with Crippen LogP contribution >= 0.6 is 0 Å². The van der Waals surface area contributed by atoms with Gasteiger partial charge in [-0.3, -0.25) is 0 Å². The molecule has 0 unspecified atom stereocenters. The van der Waals surface area contributed by atoms with Gasteiger partial charge < -0.3 is 9.47 Å². The van der Waals surface area contributed by atoms with Crippen molar-refractivity contribution in [2.45, 2.75) is 77.2 Å². The molecule has 0 radical (unpaired) electrons. The Morgan fingerprint density at radius 3 is 2.22 bits per heavy atom. The molecule has 2 aromatic rings. The summed E-state index contributed by atoms with van der Waals surface area (Å²) in [6.45, 7) is 4.04. The highest BCUT2D eigenvalue weighted by Gasteiger charge is 2.32. The number of hydrogen-bond acceptors (Lipinski definition) is 2. The molecule has 0 amide bonds. The van der Waals surface area contributed by atoms with Gasteiger partial charge in [0.25, 0.3) is 0 Å². The largest absolute Gasteiger partial charge is 0.491 e. The number of benzene rings is 2. The lowest BCUT2D eigenvalue weighted by Crippen LogP contribution is -2.25. The average Bonchev–Trinajstić information content (AvgIpc) is 2.78. The Morgan fingerprint density at radius 2 is 1.59 bits per heavy atom. The van der Waals surface area contributed by atoms with Gasteiger partial charge in [-0.25, -0.2) is 4.39 Å². The van der Waals surface area contributed by atoms with Crippen LogP contribution in [0.4, 0.5) is 17.6 Å². The van der Waals surface area contributed by atoms with E-state index in [1.165, 1.54) is 37.8 Å². The summed E-state index contributed by atoms with van der Waals surface area (Å²) in [5.74, 6) is -1.20. The van der Waals surface area contributed by atoms with Crippen LogP contribution in [0.5, 0.6) is 11.5 Å². The summed E-state index contributed by atoms with van der Waals surface area (Å²) in [6.07, 6.45) is 2.58. The van der Waals surface area contributed by atoms with Gasteiger partial charge in [-0.2, -0.15) is 13.2 Å². The van der Waals surface area contributed by atoms with Crippen molar-refractivity contribution < 1.29 is 27.0 Å². The van der Waals surface area contributed by atoms with E-state index in [0.29, 0.717) is 5.92 Å². The van der Waals surface area contributed by atoms with Crippen molar-refractivity contribution in [1.29, 1.82) is 0 Å². The molecule has 1 saturated carbocycles.